The summed E-state index contributed by atoms with van der Waals surface area (Å²) < 4.78 is 1.66. The van der Waals surface area contributed by atoms with Crippen molar-refractivity contribution in [3.05, 3.63) is 17.5 Å². The van der Waals surface area contributed by atoms with Gasteiger partial charge < -0.3 is 10.8 Å². The highest BCUT2D eigenvalue weighted by molar-refractivity contribution is 5.88. The summed E-state index contributed by atoms with van der Waals surface area (Å²) in [5.41, 5.74) is 6.74. The molecule has 1 fully saturated rings. The van der Waals surface area contributed by atoms with Gasteiger partial charge in [0.25, 0.3) is 0 Å². The van der Waals surface area contributed by atoms with Crippen molar-refractivity contribution in [3.8, 4) is 0 Å². The predicted octanol–water partition coefficient (Wildman–Crippen LogP) is 0.822. The van der Waals surface area contributed by atoms with Gasteiger partial charge in [-0.25, -0.2) is 4.79 Å². The van der Waals surface area contributed by atoms with Crippen molar-refractivity contribution in [3.63, 3.8) is 0 Å². The zero-order valence-corrected chi connectivity index (χ0v) is 11.4. The number of nitrogens with two attached hydrogens (primary N) is 1. The third-order valence-corrected chi connectivity index (χ3v) is 3.89. The average Bonchev–Trinajstić information content (AvgIpc) is 2.74. The number of aromatic carboxylic acids is 1. The fraction of sp³-hybridized carbons (Fsp3) is 0.692. The van der Waals surface area contributed by atoms with E-state index in [1.54, 1.807) is 11.7 Å². The van der Waals surface area contributed by atoms with Crippen molar-refractivity contribution in [1.82, 2.24) is 14.7 Å². The normalized spacial score (nSPS) is 20.6. The number of hydrogen-bond acceptors (Lipinski definition) is 4. The second kappa shape index (κ2) is 6.16. The Bertz CT molecular complexity index is 442. The standard InChI is InChI=1S/C13H22N4O2/c1-16-12(11(8-15-16)13(18)19)9-17-7-3-2-4-10(17)5-6-14/h8,10H,2-7,9,14H2,1H3,(H,18,19). The fourth-order valence-electron chi connectivity index (χ4n) is 2.81. The molecule has 1 aromatic heterocycles. The van der Waals surface area contributed by atoms with Crippen LogP contribution in [0.3, 0.4) is 0 Å². The molecule has 1 unspecified atom stereocenters. The van der Waals surface area contributed by atoms with Crippen LogP contribution in [-0.4, -0.2) is 44.9 Å². The SMILES string of the molecule is Cn1ncc(C(=O)O)c1CN1CCCCC1CCN. The zero-order chi connectivity index (χ0) is 13.8. The Hall–Kier alpha value is -1.40. The summed E-state index contributed by atoms with van der Waals surface area (Å²) in [5.74, 6) is -0.907. The summed E-state index contributed by atoms with van der Waals surface area (Å²) in [4.78, 5) is 13.5. The van der Waals surface area contributed by atoms with Gasteiger partial charge in [0.05, 0.1) is 11.9 Å². The molecule has 106 valence electrons. The van der Waals surface area contributed by atoms with E-state index in [1.807, 2.05) is 0 Å². The van der Waals surface area contributed by atoms with Crippen LogP contribution in [0, 0.1) is 0 Å². The minimum absolute atomic E-state index is 0.305. The molecule has 0 aromatic carbocycles. The van der Waals surface area contributed by atoms with Crippen molar-refractivity contribution in [1.29, 1.82) is 0 Å². The van der Waals surface area contributed by atoms with Crippen molar-refractivity contribution in [2.45, 2.75) is 38.3 Å². The highest BCUT2D eigenvalue weighted by Crippen LogP contribution is 2.22. The molecular weight excluding hydrogens is 244 g/mol. The molecule has 2 rings (SSSR count). The van der Waals surface area contributed by atoms with Crippen LogP contribution in [0.5, 0.6) is 0 Å². The van der Waals surface area contributed by atoms with E-state index >= 15 is 0 Å². The smallest absolute Gasteiger partial charge is 0.339 e. The molecule has 1 aliphatic heterocycles. The van der Waals surface area contributed by atoms with Gasteiger partial charge in [-0.3, -0.25) is 9.58 Å². The summed E-state index contributed by atoms with van der Waals surface area (Å²) in [6.45, 7) is 2.33. The van der Waals surface area contributed by atoms with Crippen LogP contribution in [-0.2, 0) is 13.6 Å². The first-order valence-electron chi connectivity index (χ1n) is 6.81. The van der Waals surface area contributed by atoms with E-state index in [9.17, 15) is 9.90 Å². The second-order valence-corrected chi connectivity index (χ2v) is 5.13. The van der Waals surface area contributed by atoms with E-state index in [4.69, 9.17) is 5.73 Å². The van der Waals surface area contributed by atoms with Crippen LogP contribution in [0.4, 0.5) is 0 Å². The summed E-state index contributed by atoms with van der Waals surface area (Å²) in [6.07, 6.45) is 5.96. The van der Waals surface area contributed by atoms with Crippen molar-refractivity contribution >= 4 is 5.97 Å². The summed E-state index contributed by atoms with van der Waals surface area (Å²) in [6, 6.07) is 0.468. The third kappa shape index (κ3) is 3.13. The average molecular weight is 266 g/mol. The van der Waals surface area contributed by atoms with Gasteiger partial charge in [0, 0.05) is 19.6 Å². The summed E-state index contributed by atoms with van der Waals surface area (Å²) >= 11 is 0. The number of carboxylic acid groups (broad SMARTS) is 1. The number of likely N-dealkylation sites (tertiary alicyclic amines) is 1. The maximum atomic E-state index is 11.2. The Morgan fingerprint density at radius 2 is 2.37 bits per heavy atom. The van der Waals surface area contributed by atoms with E-state index in [0.717, 1.165) is 25.1 Å². The molecule has 0 saturated carbocycles. The largest absolute Gasteiger partial charge is 0.478 e. The van der Waals surface area contributed by atoms with E-state index in [0.29, 0.717) is 24.7 Å². The van der Waals surface area contributed by atoms with Gasteiger partial charge in [-0.1, -0.05) is 6.42 Å². The van der Waals surface area contributed by atoms with Crippen molar-refractivity contribution in [2.75, 3.05) is 13.1 Å². The lowest BCUT2D eigenvalue weighted by Crippen LogP contribution is -2.40. The molecule has 6 nitrogen and oxygen atoms in total. The first kappa shape index (κ1) is 14.0. The topological polar surface area (TPSA) is 84.4 Å². The van der Waals surface area contributed by atoms with Gasteiger partial charge in [-0.2, -0.15) is 5.10 Å². The lowest BCUT2D eigenvalue weighted by molar-refractivity contribution is 0.0691. The molecule has 6 heteroatoms. The van der Waals surface area contributed by atoms with E-state index in [-0.39, 0.29) is 0 Å². The monoisotopic (exact) mass is 266 g/mol. The Kier molecular flexibility index (Phi) is 4.55. The molecule has 1 aromatic rings. The van der Waals surface area contributed by atoms with E-state index < -0.39 is 5.97 Å². The lowest BCUT2D eigenvalue weighted by Gasteiger charge is -2.35. The summed E-state index contributed by atoms with van der Waals surface area (Å²) in [7, 11) is 1.80. The Labute approximate surface area is 113 Å². The van der Waals surface area contributed by atoms with Crippen LogP contribution in [0.15, 0.2) is 6.20 Å². The number of piperidine rings is 1. The molecule has 3 N–H and O–H groups in total. The van der Waals surface area contributed by atoms with Crippen molar-refractivity contribution in [2.24, 2.45) is 12.8 Å². The number of rotatable bonds is 5. The molecule has 2 heterocycles. The molecule has 1 atom stereocenters. The van der Waals surface area contributed by atoms with Gasteiger partial charge in [-0.15, -0.1) is 0 Å². The molecule has 19 heavy (non-hydrogen) atoms. The molecular formula is C13H22N4O2. The van der Waals surface area contributed by atoms with Crippen LogP contribution in [0.2, 0.25) is 0 Å². The molecule has 0 radical (unpaired) electrons. The van der Waals surface area contributed by atoms with Crippen LogP contribution in [0.25, 0.3) is 0 Å². The minimum Gasteiger partial charge on any atom is -0.478 e. The lowest BCUT2D eigenvalue weighted by atomic mass is 9.99. The van der Waals surface area contributed by atoms with E-state index in [1.165, 1.54) is 19.0 Å². The fourth-order valence-corrected chi connectivity index (χ4v) is 2.81. The van der Waals surface area contributed by atoms with Crippen LogP contribution < -0.4 is 5.73 Å². The Balaban J connectivity index is 2.14. The molecule has 0 amide bonds. The van der Waals surface area contributed by atoms with Gasteiger partial charge in [0.15, 0.2) is 0 Å². The van der Waals surface area contributed by atoms with Crippen LogP contribution >= 0.6 is 0 Å². The quantitative estimate of drug-likeness (QED) is 0.824. The first-order chi connectivity index (χ1) is 9.13. The number of aromatic nitrogens is 2. The predicted molar refractivity (Wildman–Crippen MR) is 71.9 cm³/mol. The molecule has 0 aliphatic carbocycles. The number of hydrogen-bond donors (Lipinski definition) is 2. The first-order valence-corrected chi connectivity index (χ1v) is 6.81. The van der Waals surface area contributed by atoms with Gasteiger partial charge in [-0.05, 0) is 32.4 Å². The molecule has 0 spiro atoms. The third-order valence-electron chi connectivity index (χ3n) is 3.89. The molecule has 0 bridgehead atoms. The number of aryl methyl sites for hydroxylation is 1. The van der Waals surface area contributed by atoms with Gasteiger partial charge in [0.1, 0.15) is 5.56 Å². The number of nitrogens with zero attached hydrogens (tertiary/aromatic N) is 3. The minimum atomic E-state index is -0.907. The second-order valence-electron chi connectivity index (χ2n) is 5.13. The molecule has 1 aliphatic rings. The number of carboxylic acids is 1. The Morgan fingerprint density at radius 3 is 3.05 bits per heavy atom. The highest BCUT2D eigenvalue weighted by Gasteiger charge is 2.25. The Morgan fingerprint density at radius 1 is 1.58 bits per heavy atom. The van der Waals surface area contributed by atoms with Gasteiger partial charge in [0.2, 0.25) is 0 Å². The van der Waals surface area contributed by atoms with Crippen molar-refractivity contribution < 1.29 is 9.90 Å². The van der Waals surface area contributed by atoms with E-state index in [2.05, 4.69) is 10.00 Å². The molecule has 1 saturated heterocycles. The summed E-state index contributed by atoms with van der Waals surface area (Å²) in [5, 5.41) is 13.2. The van der Waals surface area contributed by atoms with Gasteiger partial charge >= 0.3 is 5.97 Å². The number of carbonyl (C=O) groups is 1. The maximum absolute atomic E-state index is 11.2. The maximum Gasteiger partial charge on any atom is 0.339 e. The van der Waals surface area contributed by atoms with Crippen LogP contribution in [0.1, 0.15) is 41.7 Å². The highest BCUT2D eigenvalue weighted by atomic mass is 16.4. The zero-order valence-electron chi connectivity index (χ0n) is 11.4.